The number of ether oxygens (including phenoxy) is 1. The predicted molar refractivity (Wildman–Crippen MR) is 72.4 cm³/mol. The second-order valence-corrected chi connectivity index (χ2v) is 3.59. The van der Waals surface area contributed by atoms with E-state index in [1.54, 1.807) is 25.2 Å². The van der Waals surface area contributed by atoms with Gasteiger partial charge in [-0.2, -0.15) is 0 Å². The van der Waals surface area contributed by atoms with Crippen LogP contribution in [0.4, 0.5) is 5.69 Å². The summed E-state index contributed by atoms with van der Waals surface area (Å²) in [5, 5.41) is 6.09. The van der Waals surface area contributed by atoms with Gasteiger partial charge in [-0.05, 0) is 26.1 Å². The van der Waals surface area contributed by atoms with Gasteiger partial charge in [-0.25, -0.2) is 0 Å². The summed E-state index contributed by atoms with van der Waals surface area (Å²) in [4.78, 5) is 11.4. The second-order valence-electron chi connectivity index (χ2n) is 3.15. The van der Waals surface area contributed by atoms with E-state index < -0.39 is 0 Å². The van der Waals surface area contributed by atoms with Gasteiger partial charge in [0.05, 0.1) is 18.8 Å². The quantitative estimate of drug-likeness (QED) is 0.869. The molecule has 0 bridgehead atoms. The first-order valence-electron chi connectivity index (χ1n) is 5.04. The zero-order valence-electron chi connectivity index (χ0n) is 9.75. The van der Waals surface area contributed by atoms with Gasteiger partial charge in [0.1, 0.15) is 5.75 Å². The highest BCUT2D eigenvalue weighted by atomic mass is 35.5. The van der Waals surface area contributed by atoms with Crippen LogP contribution in [0.2, 0.25) is 5.02 Å². The summed E-state index contributed by atoms with van der Waals surface area (Å²) < 4.78 is 5.38. The number of nitrogens with one attached hydrogen (secondary N) is 2. The molecule has 17 heavy (non-hydrogen) atoms. The highest BCUT2D eigenvalue weighted by molar-refractivity contribution is 6.30. The number of hydrogen-bond donors (Lipinski definition) is 2. The van der Waals surface area contributed by atoms with Gasteiger partial charge in [0.15, 0.2) is 0 Å². The average molecular weight is 279 g/mol. The number of amides is 1. The fraction of sp³-hybridized carbons (Fsp3) is 0.364. The molecule has 0 heterocycles. The number of likely N-dealkylation sites (N-methyl/N-ethyl adjacent to an activating group) is 1. The van der Waals surface area contributed by atoms with E-state index in [1.807, 2.05) is 6.92 Å². The van der Waals surface area contributed by atoms with Crippen molar-refractivity contribution in [2.45, 2.75) is 6.92 Å². The van der Waals surface area contributed by atoms with Gasteiger partial charge in [-0.15, -0.1) is 12.4 Å². The molecule has 1 aromatic carbocycles. The number of carbonyl (C=O) groups excluding carboxylic acids is 1. The van der Waals surface area contributed by atoms with Crippen LogP contribution < -0.4 is 15.4 Å². The molecule has 1 rings (SSSR count). The minimum Gasteiger partial charge on any atom is -0.492 e. The van der Waals surface area contributed by atoms with Gasteiger partial charge in [0.2, 0.25) is 5.91 Å². The van der Waals surface area contributed by atoms with Gasteiger partial charge in [0.25, 0.3) is 0 Å². The zero-order valence-corrected chi connectivity index (χ0v) is 11.3. The first-order valence-corrected chi connectivity index (χ1v) is 5.42. The van der Waals surface area contributed by atoms with Crippen LogP contribution in [0, 0.1) is 0 Å². The first kappa shape index (κ1) is 16.0. The van der Waals surface area contributed by atoms with Crippen LogP contribution in [0.1, 0.15) is 6.92 Å². The lowest BCUT2D eigenvalue weighted by atomic mass is 10.3. The van der Waals surface area contributed by atoms with Crippen molar-refractivity contribution in [2.75, 3.05) is 25.5 Å². The largest absolute Gasteiger partial charge is 0.492 e. The van der Waals surface area contributed by atoms with Gasteiger partial charge in [-0.1, -0.05) is 11.6 Å². The normalized spacial score (nSPS) is 9.35. The number of hydrogen-bond acceptors (Lipinski definition) is 3. The lowest BCUT2D eigenvalue weighted by Crippen LogP contribution is -2.25. The molecule has 6 heteroatoms. The molecule has 96 valence electrons. The minimum absolute atomic E-state index is 0. The fourth-order valence-electron chi connectivity index (χ4n) is 1.23. The maximum Gasteiger partial charge on any atom is 0.238 e. The molecule has 0 aliphatic heterocycles. The molecule has 0 aliphatic carbocycles. The molecule has 0 saturated heterocycles. The summed E-state index contributed by atoms with van der Waals surface area (Å²) >= 11 is 5.85. The summed E-state index contributed by atoms with van der Waals surface area (Å²) in [6, 6.07) is 5.11. The van der Waals surface area contributed by atoms with Crippen LogP contribution in [-0.4, -0.2) is 26.1 Å². The summed E-state index contributed by atoms with van der Waals surface area (Å²) in [6.07, 6.45) is 0. The molecule has 0 unspecified atom stereocenters. The molecule has 0 aliphatic rings. The van der Waals surface area contributed by atoms with Crippen molar-refractivity contribution in [1.29, 1.82) is 0 Å². The van der Waals surface area contributed by atoms with E-state index in [1.165, 1.54) is 0 Å². The molecule has 0 saturated carbocycles. The minimum atomic E-state index is -0.120. The van der Waals surface area contributed by atoms with E-state index in [0.717, 1.165) is 0 Å². The first-order chi connectivity index (χ1) is 7.67. The predicted octanol–water partition coefficient (Wildman–Crippen LogP) is 2.32. The Morgan fingerprint density at radius 3 is 2.76 bits per heavy atom. The SMILES string of the molecule is CCOc1cc(Cl)ccc1NC(=O)CNC.Cl. The van der Waals surface area contributed by atoms with Crippen molar-refractivity contribution in [3.63, 3.8) is 0 Å². The summed E-state index contributed by atoms with van der Waals surface area (Å²) in [5.74, 6) is 0.463. The smallest absolute Gasteiger partial charge is 0.238 e. The Balaban J connectivity index is 0.00000256. The van der Waals surface area contributed by atoms with E-state index in [-0.39, 0.29) is 24.9 Å². The highest BCUT2D eigenvalue weighted by Crippen LogP contribution is 2.27. The van der Waals surface area contributed by atoms with Gasteiger partial charge < -0.3 is 15.4 Å². The molecule has 1 amide bonds. The van der Waals surface area contributed by atoms with Crippen LogP contribution >= 0.6 is 24.0 Å². The second kappa shape index (κ2) is 8.17. The van der Waals surface area contributed by atoms with Crippen molar-refractivity contribution in [3.8, 4) is 5.75 Å². The molecule has 0 radical (unpaired) electrons. The van der Waals surface area contributed by atoms with E-state index >= 15 is 0 Å². The molecule has 0 fully saturated rings. The third-order valence-electron chi connectivity index (χ3n) is 1.85. The maximum absolute atomic E-state index is 11.4. The molecular weight excluding hydrogens is 263 g/mol. The van der Waals surface area contributed by atoms with Crippen LogP contribution in [0.3, 0.4) is 0 Å². The molecule has 0 aromatic heterocycles. The van der Waals surface area contributed by atoms with E-state index in [0.29, 0.717) is 23.1 Å². The molecule has 0 atom stereocenters. The van der Waals surface area contributed by atoms with E-state index in [9.17, 15) is 4.79 Å². The summed E-state index contributed by atoms with van der Waals surface area (Å²) in [5.41, 5.74) is 0.631. The van der Waals surface area contributed by atoms with Crippen LogP contribution in [0.5, 0.6) is 5.75 Å². The summed E-state index contributed by atoms with van der Waals surface area (Å²) in [7, 11) is 1.71. The third kappa shape index (κ3) is 5.26. The van der Waals surface area contributed by atoms with E-state index in [2.05, 4.69) is 10.6 Å². The fourth-order valence-corrected chi connectivity index (χ4v) is 1.39. The van der Waals surface area contributed by atoms with Crippen molar-refractivity contribution in [3.05, 3.63) is 23.2 Å². The highest BCUT2D eigenvalue weighted by Gasteiger charge is 2.07. The molecule has 2 N–H and O–H groups in total. The zero-order chi connectivity index (χ0) is 12.0. The molecule has 1 aromatic rings. The standard InChI is InChI=1S/C11H15ClN2O2.ClH/c1-3-16-10-6-8(12)4-5-9(10)14-11(15)7-13-2;/h4-6,13H,3,7H2,1-2H3,(H,14,15);1H. The van der Waals surface area contributed by atoms with Crippen molar-refractivity contribution < 1.29 is 9.53 Å². The Kier molecular flexibility index (Phi) is 7.70. The maximum atomic E-state index is 11.4. The van der Waals surface area contributed by atoms with Crippen molar-refractivity contribution >= 4 is 35.6 Å². The lowest BCUT2D eigenvalue weighted by Gasteiger charge is -2.11. The van der Waals surface area contributed by atoms with Gasteiger partial charge in [-0.3, -0.25) is 4.79 Å². The third-order valence-corrected chi connectivity index (χ3v) is 2.09. The van der Waals surface area contributed by atoms with E-state index in [4.69, 9.17) is 16.3 Å². The Bertz CT molecular complexity index is 372. The van der Waals surface area contributed by atoms with Crippen LogP contribution in [0.15, 0.2) is 18.2 Å². The Labute approximate surface area is 112 Å². The van der Waals surface area contributed by atoms with Gasteiger partial charge in [0, 0.05) is 11.1 Å². The Morgan fingerprint density at radius 1 is 1.47 bits per heavy atom. The monoisotopic (exact) mass is 278 g/mol. The van der Waals surface area contributed by atoms with Crippen molar-refractivity contribution in [2.24, 2.45) is 0 Å². The number of anilines is 1. The molecule has 4 nitrogen and oxygen atoms in total. The van der Waals surface area contributed by atoms with Gasteiger partial charge >= 0.3 is 0 Å². The number of halogens is 2. The number of benzene rings is 1. The average Bonchev–Trinajstić information content (AvgIpc) is 2.23. The topological polar surface area (TPSA) is 50.4 Å². The van der Waals surface area contributed by atoms with Crippen LogP contribution in [-0.2, 0) is 4.79 Å². The molecular formula is C11H16Cl2N2O2. The molecule has 0 spiro atoms. The lowest BCUT2D eigenvalue weighted by molar-refractivity contribution is -0.115. The number of rotatable bonds is 5. The van der Waals surface area contributed by atoms with Crippen molar-refractivity contribution in [1.82, 2.24) is 5.32 Å². The summed E-state index contributed by atoms with van der Waals surface area (Å²) in [6.45, 7) is 2.66. The van der Waals surface area contributed by atoms with Crippen LogP contribution in [0.25, 0.3) is 0 Å². The number of carbonyl (C=O) groups is 1. The Hall–Kier alpha value is -0.970. The Morgan fingerprint density at radius 2 is 2.18 bits per heavy atom.